The Balaban J connectivity index is 2.67. The molecule has 3 N–H and O–H groups in total. The van der Waals surface area contributed by atoms with Crippen LogP contribution in [-0.2, 0) is 10.8 Å². The second-order valence-corrected chi connectivity index (χ2v) is 5.75. The average Bonchev–Trinajstić information content (AvgIpc) is 2.44. The fraction of sp³-hybridized carbons (Fsp3) is 0.357. The van der Waals surface area contributed by atoms with Crippen LogP contribution in [0, 0.1) is 17.7 Å². The monoisotopic (exact) mass is 296 g/mol. The van der Waals surface area contributed by atoms with Crippen LogP contribution in [0.15, 0.2) is 18.2 Å². The van der Waals surface area contributed by atoms with E-state index >= 15 is 0 Å². The third-order valence-electron chi connectivity index (χ3n) is 2.49. The maximum Gasteiger partial charge on any atom is 0.254 e. The first-order valence-electron chi connectivity index (χ1n) is 6.20. The summed E-state index contributed by atoms with van der Waals surface area (Å²) < 4.78 is 25.0. The van der Waals surface area contributed by atoms with Crippen LogP contribution in [0.1, 0.15) is 22.8 Å². The van der Waals surface area contributed by atoms with Gasteiger partial charge in [0.1, 0.15) is 5.82 Å². The van der Waals surface area contributed by atoms with Crippen molar-refractivity contribution in [1.82, 2.24) is 5.32 Å². The molecule has 0 fully saturated rings. The largest absolute Gasteiger partial charge is 0.351 e. The maximum absolute atomic E-state index is 13.8. The molecule has 0 saturated carbocycles. The molecule has 1 aromatic carbocycles. The quantitative estimate of drug-likeness (QED) is 0.783. The summed E-state index contributed by atoms with van der Waals surface area (Å²) in [6.07, 6.45) is 0. The number of benzene rings is 1. The molecule has 0 saturated heterocycles. The molecule has 108 valence electrons. The number of carbonyl (C=O) groups excluding carboxylic acids is 1. The summed E-state index contributed by atoms with van der Waals surface area (Å²) in [7, 11) is -0.951. The standard InChI is InChI=1S/C14H17FN2O2S/c1-2-20(19)9-8-17-14(18)12-6-5-11(4-3-7-16)10-13(12)15/h5-6,10H,2,7-9,16H2,1H3,(H,17,18). The van der Waals surface area contributed by atoms with E-state index in [9.17, 15) is 13.4 Å². The van der Waals surface area contributed by atoms with Crippen molar-refractivity contribution in [3.63, 3.8) is 0 Å². The molecule has 0 aliphatic heterocycles. The molecule has 0 radical (unpaired) electrons. The number of rotatable bonds is 5. The Labute approximate surface area is 120 Å². The highest BCUT2D eigenvalue weighted by molar-refractivity contribution is 7.84. The Kier molecular flexibility index (Phi) is 6.91. The molecule has 1 amide bonds. The smallest absolute Gasteiger partial charge is 0.254 e. The summed E-state index contributed by atoms with van der Waals surface area (Å²) in [5.41, 5.74) is 5.65. The van der Waals surface area contributed by atoms with Crippen molar-refractivity contribution in [2.45, 2.75) is 6.92 Å². The van der Waals surface area contributed by atoms with Crippen molar-refractivity contribution in [2.24, 2.45) is 5.73 Å². The fourth-order valence-corrected chi connectivity index (χ4v) is 2.07. The Morgan fingerprint density at radius 1 is 1.50 bits per heavy atom. The zero-order valence-corrected chi connectivity index (χ0v) is 12.1. The van der Waals surface area contributed by atoms with Gasteiger partial charge in [0.2, 0.25) is 0 Å². The normalized spacial score (nSPS) is 11.3. The van der Waals surface area contributed by atoms with Gasteiger partial charge in [-0.05, 0) is 18.2 Å². The van der Waals surface area contributed by atoms with Gasteiger partial charge in [0, 0.05) is 34.4 Å². The lowest BCUT2D eigenvalue weighted by atomic mass is 10.1. The summed E-state index contributed by atoms with van der Waals surface area (Å²) in [5, 5.41) is 2.54. The van der Waals surface area contributed by atoms with Gasteiger partial charge in [-0.1, -0.05) is 18.8 Å². The topological polar surface area (TPSA) is 72.2 Å². The lowest BCUT2D eigenvalue weighted by molar-refractivity contribution is 0.0952. The van der Waals surface area contributed by atoms with Crippen molar-refractivity contribution < 1.29 is 13.4 Å². The fourth-order valence-electron chi connectivity index (χ4n) is 1.45. The molecule has 0 aromatic heterocycles. The summed E-state index contributed by atoms with van der Waals surface area (Å²) >= 11 is 0. The SMILES string of the molecule is CCS(=O)CCNC(=O)c1ccc(C#CCN)cc1F. The van der Waals surface area contributed by atoms with Gasteiger partial charge in [-0.25, -0.2) is 4.39 Å². The van der Waals surface area contributed by atoms with Crippen molar-refractivity contribution >= 4 is 16.7 Å². The van der Waals surface area contributed by atoms with Crippen molar-refractivity contribution in [3.05, 3.63) is 35.1 Å². The van der Waals surface area contributed by atoms with E-state index in [-0.39, 0.29) is 18.7 Å². The van der Waals surface area contributed by atoms with Gasteiger partial charge >= 0.3 is 0 Å². The van der Waals surface area contributed by atoms with Crippen LogP contribution in [0.2, 0.25) is 0 Å². The zero-order valence-electron chi connectivity index (χ0n) is 11.2. The molecule has 0 spiro atoms. The van der Waals surface area contributed by atoms with E-state index in [1.807, 2.05) is 0 Å². The number of carbonyl (C=O) groups is 1. The van der Waals surface area contributed by atoms with Crippen LogP contribution in [0.25, 0.3) is 0 Å². The molecule has 0 aliphatic carbocycles. The van der Waals surface area contributed by atoms with E-state index in [1.165, 1.54) is 12.1 Å². The van der Waals surface area contributed by atoms with E-state index in [0.717, 1.165) is 0 Å². The Morgan fingerprint density at radius 2 is 2.25 bits per heavy atom. The van der Waals surface area contributed by atoms with E-state index < -0.39 is 22.5 Å². The van der Waals surface area contributed by atoms with Crippen molar-refractivity contribution in [3.8, 4) is 11.8 Å². The van der Waals surface area contributed by atoms with Crippen LogP contribution < -0.4 is 11.1 Å². The van der Waals surface area contributed by atoms with Crippen molar-refractivity contribution in [2.75, 3.05) is 24.6 Å². The summed E-state index contributed by atoms with van der Waals surface area (Å²) in [6, 6.07) is 4.13. The van der Waals surface area contributed by atoms with Crippen LogP contribution >= 0.6 is 0 Å². The number of nitrogens with one attached hydrogen (secondary N) is 1. The Bertz CT molecular complexity index is 564. The molecule has 6 heteroatoms. The third kappa shape index (κ3) is 5.11. The molecule has 1 unspecified atom stereocenters. The lowest BCUT2D eigenvalue weighted by Gasteiger charge is -2.06. The van der Waals surface area contributed by atoms with Gasteiger partial charge in [0.05, 0.1) is 12.1 Å². The first-order chi connectivity index (χ1) is 9.58. The average molecular weight is 296 g/mol. The summed E-state index contributed by atoms with van der Waals surface area (Å²) in [5.74, 6) is 5.05. The number of halogens is 1. The highest BCUT2D eigenvalue weighted by Crippen LogP contribution is 2.09. The van der Waals surface area contributed by atoms with Crippen LogP contribution in [0.5, 0.6) is 0 Å². The molecular formula is C14H17FN2O2S. The van der Waals surface area contributed by atoms with Gasteiger partial charge < -0.3 is 11.1 Å². The molecule has 0 aliphatic rings. The number of amides is 1. The van der Waals surface area contributed by atoms with Gasteiger partial charge in [0.15, 0.2) is 0 Å². The predicted molar refractivity (Wildman–Crippen MR) is 78.2 cm³/mol. The summed E-state index contributed by atoms with van der Waals surface area (Å²) in [6.45, 7) is 2.25. The third-order valence-corrected chi connectivity index (χ3v) is 3.79. The van der Waals surface area contributed by atoms with E-state index in [0.29, 0.717) is 17.1 Å². The Morgan fingerprint density at radius 3 is 2.85 bits per heavy atom. The minimum Gasteiger partial charge on any atom is -0.351 e. The highest BCUT2D eigenvalue weighted by atomic mass is 32.2. The van der Waals surface area contributed by atoms with E-state index in [2.05, 4.69) is 17.2 Å². The molecular weight excluding hydrogens is 279 g/mol. The molecule has 0 heterocycles. The molecule has 1 rings (SSSR count). The zero-order chi connectivity index (χ0) is 15.0. The minimum absolute atomic E-state index is 0.0504. The van der Waals surface area contributed by atoms with E-state index in [1.54, 1.807) is 13.0 Å². The molecule has 1 atom stereocenters. The first kappa shape index (κ1) is 16.3. The van der Waals surface area contributed by atoms with Crippen LogP contribution in [0.4, 0.5) is 4.39 Å². The molecule has 0 bridgehead atoms. The van der Waals surface area contributed by atoms with Crippen LogP contribution in [-0.4, -0.2) is 34.7 Å². The van der Waals surface area contributed by atoms with Crippen LogP contribution in [0.3, 0.4) is 0 Å². The molecule has 1 aromatic rings. The van der Waals surface area contributed by atoms with Gasteiger partial charge in [-0.15, -0.1) is 0 Å². The first-order valence-corrected chi connectivity index (χ1v) is 7.69. The Hall–Kier alpha value is -1.71. The minimum atomic E-state index is -0.951. The van der Waals surface area contributed by atoms with Gasteiger partial charge in [0.25, 0.3) is 5.91 Å². The van der Waals surface area contributed by atoms with Crippen molar-refractivity contribution in [1.29, 1.82) is 0 Å². The van der Waals surface area contributed by atoms with Gasteiger partial charge in [-0.2, -0.15) is 0 Å². The molecule has 20 heavy (non-hydrogen) atoms. The van der Waals surface area contributed by atoms with Gasteiger partial charge in [-0.3, -0.25) is 9.00 Å². The molecule has 4 nitrogen and oxygen atoms in total. The van der Waals surface area contributed by atoms with E-state index in [4.69, 9.17) is 5.73 Å². The second-order valence-electron chi connectivity index (χ2n) is 3.89. The summed E-state index contributed by atoms with van der Waals surface area (Å²) in [4.78, 5) is 11.8. The second kappa shape index (κ2) is 8.46. The lowest BCUT2D eigenvalue weighted by Crippen LogP contribution is -2.28. The number of nitrogens with two attached hydrogens (primary N) is 1. The highest BCUT2D eigenvalue weighted by Gasteiger charge is 2.11. The number of hydrogen-bond acceptors (Lipinski definition) is 3. The maximum atomic E-state index is 13.8. The number of hydrogen-bond donors (Lipinski definition) is 2. The predicted octanol–water partition coefficient (Wildman–Crippen LogP) is 0.634.